The minimum atomic E-state index is -0.000279. The third kappa shape index (κ3) is 6.02. The monoisotopic (exact) mass is 246 g/mol. The van der Waals surface area contributed by atoms with Gasteiger partial charge in [-0.25, -0.2) is 0 Å². The van der Waals surface area contributed by atoms with Gasteiger partial charge in [-0.1, -0.05) is 11.3 Å². The molecule has 1 heterocycles. The molecule has 0 aromatic carbocycles. The van der Waals surface area contributed by atoms with E-state index in [1.807, 2.05) is 5.38 Å². The number of aromatic nitrogens is 1. The molecule has 0 aliphatic rings. The van der Waals surface area contributed by atoms with E-state index in [1.165, 1.54) is 11.3 Å². The van der Waals surface area contributed by atoms with Gasteiger partial charge in [0.1, 0.15) is 0 Å². The molecule has 1 aromatic rings. The van der Waals surface area contributed by atoms with Crippen LogP contribution in [0.3, 0.4) is 0 Å². The second kappa shape index (κ2) is 8.46. The van der Waals surface area contributed by atoms with E-state index in [2.05, 4.69) is 10.3 Å². The SMILES string of the molecule is COCCOCCCNCc1csc(=O)[nH]1. The summed E-state index contributed by atoms with van der Waals surface area (Å²) in [5.74, 6) is 0. The van der Waals surface area contributed by atoms with E-state index in [1.54, 1.807) is 7.11 Å². The van der Waals surface area contributed by atoms with Gasteiger partial charge < -0.3 is 19.8 Å². The predicted octanol–water partition coefficient (Wildman–Crippen LogP) is 0.579. The van der Waals surface area contributed by atoms with Crippen molar-refractivity contribution < 1.29 is 9.47 Å². The molecule has 1 aromatic heterocycles. The first-order valence-electron chi connectivity index (χ1n) is 5.27. The lowest BCUT2D eigenvalue weighted by Gasteiger charge is -2.04. The van der Waals surface area contributed by atoms with Gasteiger partial charge in [0.2, 0.25) is 0 Å². The maximum atomic E-state index is 10.8. The number of hydrogen-bond donors (Lipinski definition) is 2. The molecular formula is C10H18N2O3S. The Kier molecular flexibility index (Phi) is 7.07. The molecule has 0 bridgehead atoms. The number of ether oxygens (including phenoxy) is 2. The fourth-order valence-electron chi connectivity index (χ4n) is 1.17. The van der Waals surface area contributed by atoms with Gasteiger partial charge in [0.25, 0.3) is 0 Å². The maximum Gasteiger partial charge on any atom is 0.304 e. The van der Waals surface area contributed by atoms with Crippen LogP contribution in [0.1, 0.15) is 12.1 Å². The summed E-state index contributed by atoms with van der Waals surface area (Å²) in [7, 11) is 1.66. The average molecular weight is 246 g/mol. The summed E-state index contributed by atoms with van der Waals surface area (Å²) in [4.78, 5) is 13.6. The summed E-state index contributed by atoms with van der Waals surface area (Å²) >= 11 is 1.19. The number of methoxy groups -OCH3 is 1. The number of nitrogens with one attached hydrogen (secondary N) is 2. The number of thiazole rings is 1. The number of hydrogen-bond acceptors (Lipinski definition) is 5. The molecule has 16 heavy (non-hydrogen) atoms. The van der Waals surface area contributed by atoms with Gasteiger partial charge in [0.15, 0.2) is 0 Å². The Hall–Kier alpha value is -0.690. The minimum absolute atomic E-state index is 0.000279. The quantitative estimate of drug-likeness (QED) is 0.626. The molecule has 5 nitrogen and oxygen atoms in total. The Balaban J connectivity index is 1.90. The van der Waals surface area contributed by atoms with Crippen LogP contribution in [0.4, 0.5) is 0 Å². The van der Waals surface area contributed by atoms with Crippen LogP contribution in [0.15, 0.2) is 10.2 Å². The second-order valence-electron chi connectivity index (χ2n) is 3.31. The normalized spacial score (nSPS) is 10.8. The van der Waals surface area contributed by atoms with Gasteiger partial charge in [0.05, 0.1) is 13.2 Å². The van der Waals surface area contributed by atoms with Crippen LogP contribution in [-0.2, 0) is 16.0 Å². The molecule has 6 heteroatoms. The summed E-state index contributed by atoms with van der Waals surface area (Å²) in [6, 6.07) is 0. The molecule has 0 saturated carbocycles. The molecule has 0 unspecified atom stereocenters. The van der Waals surface area contributed by atoms with Gasteiger partial charge >= 0.3 is 4.87 Å². The lowest BCUT2D eigenvalue weighted by atomic mass is 10.4. The molecule has 1 rings (SSSR count). The van der Waals surface area contributed by atoms with Crippen molar-refractivity contribution in [3.05, 3.63) is 20.7 Å². The summed E-state index contributed by atoms with van der Waals surface area (Å²) in [6.45, 7) is 3.61. The van der Waals surface area contributed by atoms with Crippen LogP contribution in [0, 0.1) is 0 Å². The van der Waals surface area contributed by atoms with E-state index >= 15 is 0 Å². The van der Waals surface area contributed by atoms with Crippen molar-refractivity contribution >= 4 is 11.3 Å². The summed E-state index contributed by atoms with van der Waals surface area (Å²) in [6.07, 6.45) is 0.956. The van der Waals surface area contributed by atoms with Gasteiger partial charge in [-0.15, -0.1) is 0 Å². The fraction of sp³-hybridized carbons (Fsp3) is 0.700. The topological polar surface area (TPSA) is 63.4 Å². The fourth-order valence-corrected chi connectivity index (χ4v) is 1.75. The number of H-pyrrole nitrogens is 1. The summed E-state index contributed by atoms with van der Waals surface area (Å²) in [5, 5.41) is 5.07. The van der Waals surface area contributed by atoms with Crippen LogP contribution in [-0.4, -0.2) is 38.5 Å². The smallest absolute Gasteiger partial charge is 0.304 e. The van der Waals surface area contributed by atoms with Crippen LogP contribution in [0.2, 0.25) is 0 Å². The highest BCUT2D eigenvalue weighted by Crippen LogP contribution is 1.94. The first-order valence-corrected chi connectivity index (χ1v) is 6.15. The van der Waals surface area contributed by atoms with E-state index < -0.39 is 0 Å². The Morgan fingerprint density at radius 2 is 2.31 bits per heavy atom. The molecule has 2 N–H and O–H groups in total. The first kappa shape index (κ1) is 13.4. The van der Waals surface area contributed by atoms with Crippen molar-refractivity contribution in [2.24, 2.45) is 0 Å². The molecule has 0 spiro atoms. The highest BCUT2D eigenvalue weighted by atomic mass is 32.1. The van der Waals surface area contributed by atoms with Crippen LogP contribution >= 0.6 is 11.3 Å². The van der Waals surface area contributed by atoms with Gasteiger partial charge in [-0.2, -0.15) is 0 Å². The van der Waals surface area contributed by atoms with E-state index in [0.717, 1.165) is 25.3 Å². The molecule has 0 aliphatic heterocycles. The van der Waals surface area contributed by atoms with Crippen molar-refractivity contribution in [1.29, 1.82) is 0 Å². The van der Waals surface area contributed by atoms with E-state index in [9.17, 15) is 4.79 Å². The largest absolute Gasteiger partial charge is 0.382 e. The third-order valence-corrected chi connectivity index (χ3v) is 2.68. The van der Waals surface area contributed by atoms with E-state index in [4.69, 9.17) is 9.47 Å². The van der Waals surface area contributed by atoms with Crippen molar-refractivity contribution in [2.45, 2.75) is 13.0 Å². The van der Waals surface area contributed by atoms with E-state index in [0.29, 0.717) is 19.8 Å². The lowest BCUT2D eigenvalue weighted by Crippen LogP contribution is -2.17. The van der Waals surface area contributed by atoms with Crippen molar-refractivity contribution in [2.75, 3.05) is 33.5 Å². The van der Waals surface area contributed by atoms with Crippen LogP contribution in [0.5, 0.6) is 0 Å². The minimum Gasteiger partial charge on any atom is -0.382 e. The maximum absolute atomic E-state index is 10.8. The van der Waals surface area contributed by atoms with Gasteiger partial charge in [-0.3, -0.25) is 4.79 Å². The predicted molar refractivity (Wildman–Crippen MR) is 64.0 cm³/mol. The zero-order valence-corrected chi connectivity index (χ0v) is 10.3. The van der Waals surface area contributed by atoms with Crippen LogP contribution in [0.25, 0.3) is 0 Å². The molecule has 0 fully saturated rings. The molecule has 0 radical (unpaired) electrons. The molecule has 0 aliphatic carbocycles. The van der Waals surface area contributed by atoms with E-state index in [-0.39, 0.29) is 4.87 Å². The molecule has 92 valence electrons. The zero-order valence-electron chi connectivity index (χ0n) is 9.45. The highest BCUT2D eigenvalue weighted by Gasteiger charge is 1.95. The Labute approximate surface area is 98.8 Å². The second-order valence-corrected chi connectivity index (χ2v) is 4.15. The zero-order chi connectivity index (χ0) is 11.6. The van der Waals surface area contributed by atoms with Crippen LogP contribution < -0.4 is 10.2 Å². The number of aromatic amines is 1. The molecule has 0 atom stereocenters. The van der Waals surface area contributed by atoms with Gasteiger partial charge in [-0.05, 0) is 13.0 Å². The standard InChI is InChI=1S/C10H18N2O3S/c1-14-5-6-15-4-2-3-11-7-9-8-16-10(13)12-9/h8,11H,2-7H2,1H3,(H,12,13). The Morgan fingerprint density at radius 3 is 3.00 bits per heavy atom. The lowest BCUT2D eigenvalue weighted by molar-refractivity contribution is 0.0694. The van der Waals surface area contributed by atoms with Crippen molar-refractivity contribution in [3.63, 3.8) is 0 Å². The number of rotatable bonds is 9. The Bertz CT molecular complexity index is 324. The average Bonchev–Trinajstić information content (AvgIpc) is 2.68. The molecule has 0 saturated heterocycles. The summed E-state index contributed by atoms with van der Waals surface area (Å²) < 4.78 is 10.2. The third-order valence-electron chi connectivity index (χ3n) is 1.96. The van der Waals surface area contributed by atoms with Gasteiger partial charge in [0, 0.05) is 31.3 Å². The molecular weight excluding hydrogens is 228 g/mol. The Morgan fingerprint density at radius 1 is 1.44 bits per heavy atom. The highest BCUT2D eigenvalue weighted by molar-refractivity contribution is 7.07. The first-order chi connectivity index (χ1) is 7.83. The molecule has 0 amide bonds. The van der Waals surface area contributed by atoms with Crippen molar-refractivity contribution in [1.82, 2.24) is 10.3 Å². The van der Waals surface area contributed by atoms with Crippen molar-refractivity contribution in [3.8, 4) is 0 Å². The summed E-state index contributed by atoms with van der Waals surface area (Å²) in [5.41, 5.74) is 0.940.